The van der Waals surface area contributed by atoms with Crippen molar-refractivity contribution >= 4 is 0 Å². The fourth-order valence-electron chi connectivity index (χ4n) is 1.84. The van der Waals surface area contributed by atoms with Crippen molar-refractivity contribution in [3.8, 4) is 5.75 Å². The van der Waals surface area contributed by atoms with Gasteiger partial charge in [-0.05, 0) is 43.4 Å². The van der Waals surface area contributed by atoms with Crippen LogP contribution >= 0.6 is 0 Å². The molecular weight excluding hydrogens is 198 g/mol. The first-order chi connectivity index (χ1) is 7.74. The maximum Gasteiger partial charge on any atom is 0.119 e. The molecule has 1 aliphatic rings. The van der Waals surface area contributed by atoms with Crippen LogP contribution in [-0.2, 0) is 6.42 Å². The molecule has 0 aliphatic heterocycles. The number of ether oxygens (including phenoxy) is 1. The Balaban J connectivity index is 1.76. The Morgan fingerprint density at radius 3 is 2.56 bits per heavy atom. The Kier molecular flexibility index (Phi) is 3.83. The Morgan fingerprint density at radius 1 is 1.31 bits per heavy atom. The van der Waals surface area contributed by atoms with E-state index in [0.717, 1.165) is 24.7 Å². The van der Waals surface area contributed by atoms with E-state index in [-0.39, 0.29) is 6.04 Å². The summed E-state index contributed by atoms with van der Waals surface area (Å²) in [4.78, 5) is 0. The molecule has 1 unspecified atom stereocenters. The molecule has 1 fully saturated rings. The van der Waals surface area contributed by atoms with Crippen molar-refractivity contribution in [3.63, 3.8) is 0 Å². The van der Waals surface area contributed by atoms with Gasteiger partial charge in [-0.1, -0.05) is 25.0 Å². The summed E-state index contributed by atoms with van der Waals surface area (Å²) in [5.41, 5.74) is 7.03. The lowest BCUT2D eigenvalue weighted by atomic mass is 10.1. The topological polar surface area (TPSA) is 35.2 Å². The highest BCUT2D eigenvalue weighted by molar-refractivity contribution is 5.27. The second-order valence-corrected chi connectivity index (χ2v) is 4.91. The summed E-state index contributed by atoms with van der Waals surface area (Å²) in [6.07, 6.45) is 4.94. The lowest BCUT2D eigenvalue weighted by molar-refractivity contribution is 0.302. The molecule has 1 aromatic carbocycles. The third-order valence-corrected chi connectivity index (χ3v) is 2.97. The predicted molar refractivity (Wildman–Crippen MR) is 66.6 cm³/mol. The van der Waals surface area contributed by atoms with Crippen LogP contribution in [-0.4, -0.2) is 12.6 Å². The monoisotopic (exact) mass is 219 g/mol. The van der Waals surface area contributed by atoms with Crippen LogP contribution < -0.4 is 10.5 Å². The van der Waals surface area contributed by atoms with E-state index in [4.69, 9.17) is 10.5 Å². The first kappa shape index (κ1) is 11.5. The summed E-state index contributed by atoms with van der Waals surface area (Å²) >= 11 is 0. The molecule has 1 aliphatic carbocycles. The van der Waals surface area contributed by atoms with Gasteiger partial charge in [0.15, 0.2) is 0 Å². The van der Waals surface area contributed by atoms with E-state index in [2.05, 4.69) is 12.1 Å². The van der Waals surface area contributed by atoms with E-state index in [9.17, 15) is 0 Å². The fraction of sp³-hybridized carbons (Fsp3) is 0.571. The van der Waals surface area contributed by atoms with E-state index < -0.39 is 0 Å². The molecule has 0 radical (unpaired) electrons. The predicted octanol–water partition coefficient (Wildman–Crippen LogP) is 2.76. The quantitative estimate of drug-likeness (QED) is 0.798. The van der Waals surface area contributed by atoms with Crippen molar-refractivity contribution < 1.29 is 4.74 Å². The summed E-state index contributed by atoms with van der Waals surface area (Å²) in [5, 5.41) is 0. The molecule has 1 aromatic rings. The third-order valence-electron chi connectivity index (χ3n) is 2.97. The van der Waals surface area contributed by atoms with Gasteiger partial charge in [0.25, 0.3) is 0 Å². The number of rotatable bonds is 6. The van der Waals surface area contributed by atoms with Crippen molar-refractivity contribution in [1.82, 2.24) is 0 Å². The van der Waals surface area contributed by atoms with Gasteiger partial charge in [-0.25, -0.2) is 0 Å². The SMILES string of the molecule is CC(N)Cc1ccc(OCCC2CC2)cc1. The van der Waals surface area contributed by atoms with Crippen LogP contribution in [0.2, 0.25) is 0 Å². The number of hydrogen-bond acceptors (Lipinski definition) is 2. The van der Waals surface area contributed by atoms with E-state index in [1.54, 1.807) is 0 Å². The molecule has 1 saturated carbocycles. The lowest BCUT2D eigenvalue weighted by Crippen LogP contribution is -2.17. The fourth-order valence-corrected chi connectivity index (χ4v) is 1.84. The van der Waals surface area contributed by atoms with Gasteiger partial charge in [0.1, 0.15) is 5.75 Å². The van der Waals surface area contributed by atoms with Crippen molar-refractivity contribution in [2.75, 3.05) is 6.61 Å². The highest BCUT2D eigenvalue weighted by Crippen LogP contribution is 2.32. The second kappa shape index (κ2) is 5.35. The Labute approximate surface area is 97.8 Å². The van der Waals surface area contributed by atoms with Gasteiger partial charge in [0, 0.05) is 6.04 Å². The molecule has 2 nitrogen and oxygen atoms in total. The molecule has 0 heterocycles. The third kappa shape index (κ3) is 3.86. The molecule has 2 rings (SSSR count). The van der Waals surface area contributed by atoms with Crippen molar-refractivity contribution in [2.45, 2.75) is 38.6 Å². The molecule has 88 valence electrons. The van der Waals surface area contributed by atoms with Crippen molar-refractivity contribution in [3.05, 3.63) is 29.8 Å². The first-order valence-electron chi connectivity index (χ1n) is 6.21. The van der Waals surface area contributed by atoms with Crippen LogP contribution in [0.5, 0.6) is 5.75 Å². The summed E-state index contributed by atoms with van der Waals surface area (Å²) < 4.78 is 5.69. The van der Waals surface area contributed by atoms with Crippen LogP contribution in [0.4, 0.5) is 0 Å². The van der Waals surface area contributed by atoms with Gasteiger partial charge in [-0.15, -0.1) is 0 Å². The highest BCUT2D eigenvalue weighted by atomic mass is 16.5. The summed E-state index contributed by atoms with van der Waals surface area (Å²) in [6, 6.07) is 8.53. The highest BCUT2D eigenvalue weighted by Gasteiger charge is 2.20. The molecule has 0 amide bonds. The number of nitrogens with two attached hydrogens (primary N) is 1. The van der Waals surface area contributed by atoms with Crippen molar-refractivity contribution in [1.29, 1.82) is 0 Å². The van der Waals surface area contributed by atoms with Gasteiger partial charge in [-0.2, -0.15) is 0 Å². The average molecular weight is 219 g/mol. The molecule has 0 saturated heterocycles. The molecule has 1 atom stereocenters. The van der Waals surface area contributed by atoms with Crippen LogP contribution in [0.3, 0.4) is 0 Å². The zero-order valence-electron chi connectivity index (χ0n) is 9.99. The molecule has 0 spiro atoms. The number of benzene rings is 1. The molecule has 0 aromatic heterocycles. The Morgan fingerprint density at radius 2 is 2.00 bits per heavy atom. The van der Waals surface area contributed by atoms with Crippen LogP contribution in [0.25, 0.3) is 0 Å². The summed E-state index contributed by atoms with van der Waals surface area (Å²) in [7, 11) is 0. The van der Waals surface area contributed by atoms with Gasteiger partial charge in [0.2, 0.25) is 0 Å². The Hall–Kier alpha value is -1.02. The smallest absolute Gasteiger partial charge is 0.119 e. The minimum Gasteiger partial charge on any atom is -0.494 e. The van der Waals surface area contributed by atoms with E-state index in [1.165, 1.54) is 24.8 Å². The largest absolute Gasteiger partial charge is 0.494 e. The minimum atomic E-state index is 0.224. The molecule has 2 N–H and O–H groups in total. The Bertz CT molecular complexity index is 314. The zero-order chi connectivity index (χ0) is 11.4. The normalized spacial score (nSPS) is 17.1. The average Bonchev–Trinajstić information content (AvgIpc) is 3.04. The van der Waals surface area contributed by atoms with E-state index >= 15 is 0 Å². The van der Waals surface area contributed by atoms with Crippen LogP contribution in [0.15, 0.2) is 24.3 Å². The molecular formula is C14H21NO. The van der Waals surface area contributed by atoms with Gasteiger partial charge >= 0.3 is 0 Å². The van der Waals surface area contributed by atoms with Crippen LogP contribution in [0.1, 0.15) is 31.7 Å². The standard InChI is InChI=1S/C14H21NO/c1-11(15)10-13-4-6-14(7-5-13)16-9-8-12-2-3-12/h4-7,11-12H,2-3,8-10,15H2,1H3. The van der Waals surface area contributed by atoms with E-state index in [0.29, 0.717) is 0 Å². The molecule has 2 heteroatoms. The first-order valence-corrected chi connectivity index (χ1v) is 6.21. The molecule has 16 heavy (non-hydrogen) atoms. The summed E-state index contributed by atoms with van der Waals surface area (Å²) in [6.45, 7) is 2.89. The van der Waals surface area contributed by atoms with Crippen LogP contribution in [0, 0.1) is 5.92 Å². The maximum atomic E-state index is 5.75. The maximum absolute atomic E-state index is 5.75. The van der Waals surface area contributed by atoms with Gasteiger partial charge in [0.05, 0.1) is 6.61 Å². The zero-order valence-corrected chi connectivity index (χ0v) is 9.99. The van der Waals surface area contributed by atoms with Crippen molar-refractivity contribution in [2.24, 2.45) is 11.7 Å². The number of hydrogen-bond donors (Lipinski definition) is 1. The van der Waals surface area contributed by atoms with E-state index in [1.807, 2.05) is 19.1 Å². The lowest BCUT2D eigenvalue weighted by Gasteiger charge is -2.08. The summed E-state index contributed by atoms with van der Waals surface area (Å²) in [5.74, 6) is 1.92. The van der Waals surface area contributed by atoms with Gasteiger partial charge in [-0.3, -0.25) is 0 Å². The van der Waals surface area contributed by atoms with Gasteiger partial charge < -0.3 is 10.5 Å². The molecule has 0 bridgehead atoms. The second-order valence-electron chi connectivity index (χ2n) is 4.91. The minimum absolute atomic E-state index is 0.224.